The van der Waals surface area contributed by atoms with E-state index in [0.717, 1.165) is 5.69 Å². The molecule has 0 aromatic carbocycles. The van der Waals surface area contributed by atoms with E-state index in [1.54, 1.807) is 12.4 Å². The number of hydrogen-bond donors (Lipinski definition) is 0. The van der Waals surface area contributed by atoms with Crippen LogP contribution in [0.2, 0.25) is 0 Å². The standard InChI is InChI=1S/C15H21N7O/c1-20(2)13-9-21(10-14(13)22-8-7-18-19-22)15(23)4-3-12-5-6-16-11-17-12/h5-8,11,13-14H,3-4,9-10H2,1-2H3/t13-,14+/m1/s1. The van der Waals surface area contributed by atoms with Gasteiger partial charge in [0.1, 0.15) is 6.33 Å². The van der Waals surface area contributed by atoms with Crippen molar-refractivity contribution in [2.75, 3.05) is 27.2 Å². The first-order valence-corrected chi connectivity index (χ1v) is 7.70. The molecule has 0 radical (unpaired) electrons. The minimum Gasteiger partial charge on any atom is -0.339 e. The summed E-state index contributed by atoms with van der Waals surface area (Å²) < 4.78 is 1.85. The van der Waals surface area contributed by atoms with Gasteiger partial charge in [0.25, 0.3) is 0 Å². The van der Waals surface area contributed by atoms with Crippen LogP contribution >= 0.6 is 0 Å². The topological polar surface area (TPSA) is 80.0 Å². The molecule has 0 aliphatic carbocycles. The molecule has 0 saturated carbocycles. The summed E-state index contributed by atoms with van der Waals surface area (Å²) in [6, 6.07) is 2.22. The van der Waals surface area contributed by atoms with Gasteiger partial charge < -0.3 is 9.80 Å². The molecule has 1 fully saturated rings. The zero-order valence-corrected chi connectivity index (χ0v) is 13.4. The number of likely N-dealkylation sites (N-methyl/N-ethyl adjacent to an activating group) is 1. The third kappa shape index (κ3) is 3.53. The molecule has 0 unspecified atom stereocenters. The lowest BCUT2D eigenvalue weighted by molar-refractivity contribution is -0.130. The van der Waals surface area contributed by atoms with Crippen molar-refractivity contribution in [2.24, 2.45) is 0 Å². The van der Waals surface area contributed by atoms with Gasteiger partial charge in [0.05, 0.1) is 18.3 Å². The van der Waals surface area contributed by atoms with E-state index in [1.807, 2.05) is 35.9 Å². The molecule has 8 heteroatoms. The van der Waals surface area contributed by atoms with Gasteiger partial charge in [-0.2, -0.15) is 0 Å². The highest BCUT2D eigenvalue weighted by atomic mass is 16.2. The molecule has 0 bridgehead atoms. The summed E-state index contributed by atoms with van der Waals surface area (Å²) in [4.78, 5) is 24.6. The molecule has 1 aliphatic heterocycles. The van der Waals surface area contributed by atoms with E-state index < -0.39 is 0 Å². The first-order chi connectivity index (χ1) is 11.1. The lowest BCUT2D eigenvalue weighted by Crippen LogP contribution is -2.37. The Hall–Kier alpha value is -2.35. The molecule has 2 atom stereocenters. The monoisotopic (exact) mass is 315 g/mol. The maximum atomic E-state index is 12.5. The number of rotatable bonds is 5. The van der Waals surface area contributed by atoms with Gasteiger partial charge in [-0.1, -0.05) is 5.21 Å². The Bertz CT molecular complexity index is 629. The number of carbonyl (C=O) groups excluding carboxylic acids is 1. The first-order valence-electron chi connectivity index (χ1n) is 7.70. The van der Waals surface area contributed by atoms with Crippen molar-refractivity contribution >= 4 is 5.91 Å². The van der Waals surface area contributed by atoms with Gasteiger partial charge in [0, 0.05) is 37.6 Å². The van der Waals surface area contributed by atoms with Crippen LogP contribution in [0.25, 0.3) is 0 Å². The molecular formula is C15H21N7O. The zero-order valence-electron chi connectivity index (χ0n) is 13.4. The fourth-order valence-electron chi connectivity index (χ4n) is 2.99. The second kappa shape index (κ2) is 6.82. The summed E-state index contributed by atoms with van der Waals surface area (Å²) in [6.07, 6.45) is 7.84. The van der Waals surface area contributed by atoms with Crippen molar-refractivity contribution in [1.82, 2.24) is 34.8 Å². The summed E-state index contributed by atoms with van der Waals surface area (Å²) in [6.45, 7) is 1.37. The molecule has 1 amide bonds. The summed E-state index contributed by atoms with van der Waals surface area (Å²) in [5.74, 6) is 0.151. The van der Waals surface area contributed by atoms with Crippen molar-refractivity contribution < 1.29 is 4.79 Å². The first kappa shape index (κ1) is 15.5. The number of likely N-dealkylation sites (tertiary alicyclic amines) is 1. The number of nitrogens with zero attached hydrogens (tertiary/aromatic N) is 7. The van der Waals surface area contributed by atoms with Gasteiger partial charge in [0.15, 0.2) is 0 Å². The van der Waals surface area contributed by atoms with Crippen LogP contribution in [0.3, 0.4) is 0 Å². The summed E-state index contributed by atoms with van der Waals surface area (Å²) in [5, 5.41) is 7.99. The average molecular weight is 315 g/mol. The minimum atomic E-state index is 0.135. The van der Waals surface area contributed by atoms with Gasteiger partial charge >= 0.3 is 0 Å². The molecular weight excluding hydrogens is 294 g/mol. The van der Waals surface area contributed by atoms with E-state index in [2.05, 4.69) is 25.2 Å². The van der Waals surface area contributed by atoms with Crippen LogP contribution in [0.4, 0.5) is 0 Å². The highest BCUT2D eigenvalue weighted by molar-refractivity contribution is 5.76. The van der Waals surface area contributed by atoms with Crippen LogP contribution in [-0.4, -0.2) is 73.9 Å². The molecule has 1 aliphatic rings. The fourth-order valence-corrected chi connectivity index (χ4v) is 2.99. The van der Waals surface area contributed by atoms with E-state index in [0.29, 0.717) is 25.9 Å². The average Bonchev–Trinajstić information content (AvgIpc) is 3.22. The quantitative estimate of drug-likeness (QED) is 0.773. The van der Waals surface area contributed by atoms with E-state index in [1.165, 1.54) is 6.33 Å². The van der Waals surface area contributed by atoms with Crippen molar-refractivity contribution in [2.45, 2.75) is 24.9 Å². The van der Waals surface area contributed by atoms with Gasteiger partial charge in [0.2, 0.25) is 5.91 Å². The van der Waals surface area contributed by atoms with E-state index >= 15 is 0 Å². The molecule has 0 N–H and O–H groups in total. The predicted octanol–water partition coefficient (Wildman–Crippen LogP) is 0.0144. The lowest BCUT2D eigenvalue weighted by atomic mass is 10.1. The summed E-state index contributed by atoms with van der Waals surface area (Å²) in [5.41, 5.74) is 0.893. The number of hydrogen-bond acceptors (Lipinski definition) is 6. The third-order valence-electron chi connectivity index (χ3n) is 4.29. The Morgan fingerprint density at radius 2 is 2.22 bits per heavy atom. The second-order valence-corrected chi connectivity index (χ2v) is 5.98. The highest BCUT2D eigenvalue weighted by Gasteiger charge is 2.37. The van der Waals surface area contributed by atoms with Crippen molar-refractivity contribution in [3.05, 3.63) is 36.7 Å². The highest BCUT2D eigenvalue weighted by Crippen LogP contribution is 2.25. The summed E-state index contributed by atoms with van der Waals surface area (Å²) >= 11 is 0. The molecule has 122 valence electrons. The molecule has 2 aromatic heterocycles. The van der Waals surface area contributed by atoms with Crippen LogP contribution in [0.15, 0.2) is 31.0 Å². The molecule has 3 heterocycles. The molecule has 1 saturated heterocycles. The molecule has 23 heavy (non-hydrogen) atoms. The van der Waals surface area contributed by atoms with Gasteiger partial charge in [-0.15, -0.1) is 5.10 Å². The van der Waals surface area contributed by atoms with Crippen LogP contribution in [0, 0.1) is 0 Å². The van der Waals surface area contributed by atoms with E-state index in [-0.39, 0.29) is 18.0 Å². The van der Waals surface area contributed by atoms with Crippen molar-refractivity contribution in [3.63, 3.8) is 0 Å². The number of carbonyl (C=O) groups is 1. The maximum absolute atomic E-state index is 12.5. The second-order valence-electron chi connectivity index (χ2n) is 5.98. The largest absolute Gasteiger partial charge is 0.339 e. The number of aromatic nitrogens is 5. The van der Waals surface area contributed by atoms with Gasteiger partial charge in [-0.25, -0.2) is 14.6 Å². The Balaban J connectivity index is 1.63. The third-order valence-corrected chi connectivity index (χ3v) is 4.29. The predicted molar refractivity (Wildman–Crippen MR) is 83.5 cm³/mol. The van der Waals surface area contributed by atoms with Crippen molar-refractivity contribution in [1.29, 1.82) is 0 Å². The number of aryl methyl sites for hydroxylation is 1. The minimum absolute atomic E-state index is 0.135. The van der Waals surface area contributed by atoms with Crippen LogP contribution in [-0.2, 0) is 11.2 Å². The normalized spacial score (nSPS) is 21.1. The Kier molecular flexibility index (Phi) is 4.61. The smallest absolute Gasteiger partial charge is 0.223 e. The summed E-state index contributed by atoms with van der Waals surface area (Å²) in [7, 11) is 4.06. The van der Waals surface area contributed by atoms with E-state index in [4.69, 9.17) is 0 Å². The lowest BCUT2D eigenvalue weighted by Gasteiger charge is -2.24. The molecule has 3 rings (SSSR count). The zero-order chi connectivity index (χ0) is 16.2. The SMILES string of the molecule is CN(C)[C@@H]1CN(C(=O)CCc2ccncn2)C[C@@H]1n1ccnn1. The van der Waals surface area contributed by atoms with Crippen LogP contribution < -0.4 is 0 Å². The van der Waals surface area contributed by atoms with Crippen molar-refractivity contribution in [3.8, 4) is 0 Å². The molecule has 2 aromatic rings. The molecule has 0 spiro atoms. The van der Waals surface area contributed by atoms with E-state index in [9.17, 15) is 4.79 Å². The Labute approximate surface area is 135 Å². The maximum Gasteiger partial charge on any atom is 0.223 e. The van der Waals surface area contributed by atoms with Crippen LogP contribution in [0.5, 0.6) is 0 Å². The number of amides is 1. The van der Waals surface area contributed by atoms with Gasteiger partial charge in [-0.3, -0.25) is 4.79 Å². The fraction of sp³-hybridized carbons (Fsp3) is 0.533. The van der Waals surface area contributed by atoms with Crippen LogP contribution in [0.1, 0.15) is 18.2 Å². The Morgan fingerprint density at radius 3 is 2.87 bits per heavy atom. The molecule has 8 nitrogen and oxygen atoms in total. The van der Waals surface area contributed by atoms with Gasteiger partial charge in [-0.05, 0) is 26.6 Å². The Morgan fingerprint density at radius 1 is 1.35 bits per heavy atom.